The van der Waals surface area contributed by atoms with E-state index < -0.39 is 6.23 Å². The van der Waals surface area contributed by atoms with Gasteiger partial charge in [-0.2, -0.15) is 5.10 Å². The maximum absolute atomic E-state index is 13.4. The van der Waals surface area contributed by atoms with E-state index in [1.165, 1.54) is 5.39 Å². The summed E-state index contributed by atoms with van der Waals surface area (Å²) in [5, 5.41) is 9.69. The number of Topliss-reactive ketones (excluding diaryl/α,β-unsaturated/α-hetero) is 1. The molecule has 2 aliphatic heterocycles. The summed E-state index contributed by atoms with van der Waals surface area (Å²) in [6.07, 6.45) is -0.151. The Hall–Kier alpha value is -3.63. The largest absolute Gasteiger partial charge is 0.461 e. The number of fused-ring (bicyclic) bond motifs is 4. The maximum Gasteiger partial charge on any atom is 0.251 e. The second-order valence-corrected chi connectivity index (χ2v) is 8.53. The smallest absolute Gasteiger partial charge is 0.251 e. The zero-order chi connectivity index (χ0) is 21.7. The number of halogens is 1. The van der Waals surface area contributed by atoms with Crippen LogP contribution in [0.15, 0.2) is 96.1 Å². The van der Waals surface area contributed by atoms with Gasteiger partial charge in [0.25, 0.3) is 6.23 Å². The van der Waals surface area contributed by atoms with Crippen LogP contribution in [0.1, 0.15) is 33.9 Å². The van der Waals surface area contributed by atoms with Crippen molar-refractivity contribution in [3.8, 4) is 5.75 Å². The highest BCUT2D eigenvalue weighted by atomic mass is 35.5. The van der Waals surface area contributed by atoms with E-state index in [0.717, 1.165) is 22.2 Å². The first-order valence-electron chi connectivity index (χ1n) is 10.6. The van der Waals surface area contributed by atoms with Crippen LogP contribution in [0.25, 0.3) is 10.8 Å². The van der Waals surface area contributed by atoms with Gasteiger partial charge in [-0.05, 0) is 40.6 Å². The number of carbonyl (C=O) groups excluding carboxylic acids is 1. The van der Waals surface area contributed by atoms with Crippen LogP contribution in [0.2, 0.25) is 5.02 Å². The molecule has 2 heterocycles. The van der Waals surface area contributed by atoms with Crippen LogP contribution >= 0.6 is 11.6 Å². The van der Waals surface area contributed by atoms with Gasteiger partial charge in [0, 0.05) is 22.6 Å². The van der Waals surface area contributed by atoms with Gasteiger partial charge in [0.15, 0.2) is 0 Å². The molecule has 0 saturated carbocycles. The van der Waals surface area contributed by atoms with E-state index in [2.05, 4.69) is 30.3 Å². The third-order valence-electron chi connectivity index (χ3n) is 6.12. The van der Waals surface area contributed by atoms with Gasteiger partial charge >= 0.3 is 0 Å². The maximum atomic E-state index is 13.4. The molecular formula is C27H19ClN2O2. The highest BCUT2D eigenvalue weighted by Gasteiger charge is 2.43. The third kappa shape index (κ3) is 3.15. The molecule has 2 atom stereocenters. The Morgan fingerprint density at radius 3 is 2.53 bits per heavy atom. The molecule has 5 heteroatoms. The summed E-state index contributed by atoms with van der Waals surface area (Å²) in [6.45, 7) is 0. The first-order valence-corrected chi connectivity index (χ1v) is 11.0. The van der Waals surface area contributed by atoms with Crippen molar-refractivity contribution in [1.82, 2.24) is 5.01 Å². The number of rotatable bonds is 3. The average Bonchev–Trinajstić information content (AvgIpc) is 3.29. The van der Waals surface area contributed by atoms with E-state index in [-0.39, 0.29) is 11.8 Å². The fourth-order valence-corrected chi connectivity index (χ4v) is 4.70. The number of hydrogen-bond acceptors (Lipinski definition) is 4. The van der Waals surface area contributed by atoms with Crippen molar-refractivity contribution in [2.24, 2.45) is 5.10 Å². The van der Waals surface area contributed by atoms with Crippen LogP contribution < -0.4 is 4.74 Å². The summed E-state index contributed by atoms with van der Waals surface area (Å²) in [6, 6.07) is 29.3. The Morgan fingerprint density at radius 2 is 1.69 bits per heavy atom. The lowest BCUT2D eigenvalue weighted by atomic mass is 9.95. The van der Waals surface area contributed by atoms with Gasteiger partial charge in [0.2, 0.25) is 5.78 Å². The van der Waals surface area contributed by atoms with Crippen molar-refractivity contribution in [3.05, 3.63) is 113 Å². The highest BCUT2D eigenvalue weighted by molar-refractivity contribution is 6.30. The Balaban J connectivity index is 1.44. The lowest BCUT2D eigenvalue weighted by Gasteiger charge is -2.37. The Kier molecular flexibility index (Phi) is 4.47. The summed E-state index contributed by atoms with van der Waals surface area (Å²) in [5.41, 5.74) is 3.53. The highest BCUT2D eigenvalue weighted by Crippen LogP contribution is 2.44. The van der Waals surface area contributed by atoms with Crippen molar-refractivity contribution in [2.75, 3.05) is 0 Å². The summed E-state index contributed by atoms with van der Waals surface area (Å²) in [7, 11) is 0. The summed E-state index contributed by atoms with van der Waals surface area (Å²) in [5.74, 6) is 0.569. The van der Waals surface area contributed by atoms with Crippen LogP contribution in [-0.2, 0) is 0 Å². The second kappa shape index (κ2) is 7.50. The molecule has 4 aromatic rings. The van der Waals surface area contributed by atoms with E-state index >= 15 is 0 Å². The van der Waals surface area contributed by atoms with Crippen molar-refractivity contribution >= 4 is 33.9 Å². The minimum Gasteiger partial charge on any atom is -0.461 e. The standard InChI is InChI=1S/C27H19ClN2O2/c28-21-12-13-25-22(15-21)24-16-23(20-11-10-17-6-4-5-9-19(17)14-20)29-30(24)27(32-25)26(31)18-7-2-1-3-8-18/h1-15,24,27H,16H2/t24-,27-/m1/s1. The fourth-order valence-electron chi connectivity index (χ4n) is 4.52. The molecule has 0 amide bonds. The monoisotopic (exact) mass is 438 g/mol. The molecule has 0 aromatic heterocycles. The van der Waals surface area contributed by atoms with Crippen LogP contribution in [-0.4, -0.2) is 22.7 Å². The molecule has 4 nitrogen and oxygen atoms in total. The minimum absolute atomic E-state index is 0.111. The summed E-state index contributed by atoms with van der Waals surface area (Å²) < 4.78 is 6.18. The Bertz CT molecular complexity index is 1380. The molecule has 4 aromatic carbocycles. The van der Waals surface area contributed by atoms with Crippen molar-refractivity contribution in [1.29, 1.82) is 0 Å². The first-order chi connectivity index (χ1) is 15.7. The predicted molar refractivity (Wildman–Crippen MR) is 126 cm³/mol. The molecule has 2 aliphatic rings. The van der Waals surface area contributed by atoms with Crippen molar-refractivity contribution in [2.45, 2.75) is 18.7 Å². The van der Waals surface area contributed by atoms with Gasteiger partial charge in [-0.1, -0.05) is 78.3 Å². The first kappa shape index (κ1) is 19.1. The molecule has 0 bridgehead atoms. The number of carbonyl (C=O) groups is 1. The van der Waals surface area contributed by atoms with Gasteiger partial charge in [-0.3, -0.25) is 4.79 Å². The Labute approximate surface area is 190 Å². The summed E-state index contributed by atoms with van der Waals surface area (Å²) >= 11 is 6.30. The zero-order valence-corrected chi connectivity index (χ0v) is 17.9. The van der Waals surface area contributed by atoms with Crippen LogP contribution in [0.4, 0.5) is 0 Å². The average molecular weight is 439 g/mol. The van der Waals surface area contributed by atoms with E-state index in [1.54, 1.807) is 11.1 Å². The lowest BCUT2D eigenvalue weighted by molar-refractivity contribution is -0.00455. The lowest BCUT2D eigenvalue weighted by Crippen LogP contribution is -2.45. The molecule has 156 valence electrons. The van der Waals surface area contributed by atoms with Gasteiger partial charge in [0.05, 0.1) is 11.8 Å². The zero-order valence-electron chi connectivity index (χ0n) is 17.1. The number of ketones is 1. The molecule has 32 heavy (non-hydrogen) atoms. The molecule has 0 saturated heterocycles. The quantitative estimate of drug-likeness (QED) is 0.355. The van der Waals surface area contributed by atoms with Gasteiger partial charge in [-0.15, -0.1) is 0 Å². The normalized spacial score (nSPS) is 19.2. The topological polar surface area (TPSA) is 41.9 Å². The summed E-state index contributed by atoms with van der Waals surface area (Å²) in [4.78, 5) is 13.4. The van der Waals surface area contributed by atoms with E-state index in [9.17, 15) is 4.79 Å². The molecule has 0 unspecified atom stereocenters. The predicted octanol–water partition coefficient (Wildman–Crippen LogP) is 6.25. The molecule has 0 aliphatic carbocycles. The fraction of sp³-hybridized carbons (Fsp3) is 0.111. The molecule has 0 radical (unpaired) electrons. The number of hydrogen-bond donors (Lipinski definition) is 0. The van der Waals surface area contributed by atoms with Crippen LogP contribution in [0, 0.1) is 0 Å². The van der Waals surface area contributed by atoms with E-state index in [0.29, 0.717) is 22.8 Å². The molecule has 6 rings (SSSR count). The van der Waals surface area contributed by atoms with Crippen LogP contribution in [0.3, 0.4) is 0 Å². The SMILES string of the molecule is O=C(c1ccccc1)[C@H]1Oc2ccc(Cl)cc2[C@H]2CC(c3ccc4ccccc4c3)=NN12. The van der Waals surface area contributed by atoms with E-state index in [4.69, 9.17) is 21.4 Å². The van der Waals surface area contributed by atoms with Crippen molar-refractivity contribution in [3.63, 3.8) is 0 Å². The van der Waals surface area contributed by atoms with Gasteiger partial charge in [-0.25, -0.2) is 5.01 Å². The van der Waals surface area contributed by atoms with Gasteiger partial charge in [0.1, 0.15) is 5.75 Å². The second-order valence-electron chi connectivity index (χ2n) is 8.09. The van der Waals surface area contributed by atoms with Crippen LogP contribution in [0.5, 0.6) is 5.75 Å². The Morgan fingerprint density at radius 1 is 0.906 bits per heavy atom. The third-order valence-corrected chi connectivity index (χ3v) is 6.35. The number of benzene rings is 4. The number of ether oxygens (including phenoxy) is 1. The van der Waals surface area contributed by atoms with E-state index in [1.807, 2.05) is 54.6 Å². The molecule has 0 spiro atoms. The minimum atomic E-state index is -0.825. The molecule has 0 fully saturated rings. The van der Waals surface area contributed by atoms with Gasteiger partial charge < -0.3 is 4.74 Å². The number of hydrazone groups is 1. The molecular weight excluding hydrogens is 420 g/mol. The molecule has 0 N–H and O–H groups in total. The van der Waals surface area contributed by atoms with Crippen molar-refractivity contribution < 1.29 is 9.53 Å². The number of nitrogens with zero attached hydrogens (tertiary/aromatic N) is 2.